The zero-order chi connectivity index (χ0) is 12.3. The molecule has 2 fully saturated rings. The highest BCUT2D eigenvalue weighted by Gasteiger charge is 2.38. The molecule has 2 rings (SSSR count). The Kier molecular flexibility index (Phi) is 4.45. The van der Waals surface area contributed by atoms with E-state index >= 15 is 0 Å². The normalized spacial score (nSPS) is 27.0. The van der Waals surface area contributed by atoms with Crippen molar-refractivity contribution in [3.05, 3.63) is 0 Å². The molecule has 0 spiro atoms. The van der Waals surface area contributed by atoms with Crippen molar-refractivity contribution in [2.75, 3.05) is 26.2 Å². The fraction of sp³-hybridized carbons (Fsp3) is 1.00. The second-order valence-corrected chi connectivity index (χ2v) is 6.31. The molecule has 1 heterocycles. The van der Waals surface area contributed by atoms with Crippen LogP contribution in [0.3, 0.4) is 0 Å². The van der Waals surface area contributed by atoms with Crippen LogP contribution in [0.1, 0.15) is 46.0 Å². The van der Waals surface area contributed by atoms with Crippen LogP contribution in [-0.4, -0.2) is 42.7 Å². The van der Waals surface area contributed by atoms with Gasteiger partial charge in [0.05, 0.1) is 0 Å². The third kappa shape index (κ3) is 3.01. The fourth-order valence-corrected chi connectivity index (χ4v) is 3.52. The lowest BCUT2D eigenvalue weighted by Crippen LogP contribution is -2.63. The van der Waals surface area contributed by atoms with E-state index in [0.29, 0.717) is 6.04 Å². The van der Waals surface area contributed by atoms with Gasteiger partial charge in [-0.3, -0.25) is 4.90 Å². The van der Waals surface area contributed by atoms with Crippen LogP contribution < -0.4 is 11.1 Å². The molecular weight excluding hydrogens is 210 g/mol. The number of hydrogen-bond acceptors (Lipinski definition) is 3. The van der Waals surface area contributed by atoms with E-state index < -0.39 is 0 Å². The summed E-state index contributed by atoms with van der Waals surface area (Å²) < 4.78 is 0. The molecule has 17 heavy (non-hydrogen) atoms. The van der Waals surface area contributed by atoms with Crippen LogP contribution in [0.25, 0.3) is 0 Å². The van der Waals surface area contributed by atoms with Crippen molar-refractivity contribution < 1.29 is 0 Å². The first kappa shape index (κ1) is 13.3. The van der Waals surface area contributed by atoms with Gasteiger partial charge in [0.25, 0.3) is 0 Å². The molecule has 1 aliphatic carbocycles. The van der Waals surface area contributed by atoms with Crippen LogP contribution in [-0.2, 0) is 0 Å². The van der Waals surface area contributed by atoms with E-state index in [4.69, 9.17) is 5.73 Å². The van der Waals surface area contributed by atoms with Crippen molar-refractivity contribution in [2.24, 2.45) is 11.7 Å². The Balaban J connectivity index is 1.96. The smallest absolute Gasteiger partial charge is 0.0307 e. The van der Waals surface area contributed by atoms with E-state index in [-0.39, 0.29) is 5.54 Å². The highest BCUT2D eigenvalue weighted by molar-refractivity contribution is 4.97. The monoisotopic (exact) mass is 239 g/mol. The topological polar surface area (TPSA) is 41.3 Å². The van der Waals surface area contributed by atoms with Crippen molar-refractivity contribution in [1.29, 1.82) is 0 Å². The third-order valence-electron chi connectivity index (χ3n) is 4.91. The molecule has 0 aromatic rings. The quantitative estimate of drug-likeness (QED) is 0.785. The molecule has 1 atom stereocenters. The molecule has 1 unspecified atom stereocenters. The Morgan fingerprint density at radius 1 is 1.12 bits per heavy atom. The van der Waals surface area contributed by atoms with Gasteiger partial charge in [0.2, 0.25) is 0 Å². The van der Waals surface area contributed by atoms with Gasteiger partial charge in [0.1, 0.15) is 0 Å². The average Bonchev–Trinajstić information content (AvgIpc) is 2.40. The Hall–Kier alpha value is -0.120. The van der Waals surface area contributed by atoms with Gasteiger partial charge in [0.15, 0.2) is 0 Å². The molecule has 0 aromatic carbocycles. The summed E-state index contributed by atoms with van der Waals surface area (Å²) in [6.45, 7) is 9.21. The van der Waals surface area contributed by atoms with Crippen LogP contribution in [0, 0.1) is 5.92 Å². The van der Waals surface area contributed by atoms with E-state index in [2.05, 4.69) is 24.1 Å². The molecule has 100 valence electrons. The summed E-state index contributed by atoms with van der Waals surface area (Å²) in [7, 11) is 0. The summed E-state index contributed by atoms with van der Waals surface area (Å²) in [4.78, 5) is 2.59. The summed E-state index contributed by atoms with van der Waals surface area (Å²) in [6, 6.07) is 0.334. The highest BCUT2D eigenvalue weighted by atomic mass is 15.2. The average molecular weight is 239 g/mol. The van der Waals surface area contributed by atoms with Gasteiger partial charge in [-0.25, -0.2) is 0 Å². The molecule has 1 saturated carbocycles. The number of rotatable bonds is 3. The molecule has 1 aliphatic heterocycles. The van der Waals surface area contributed by atoms with Gasteiger partial charge in [-0.15, -0.1) is 0 Å². The predicted molar refractivity (Wildman–Crippen MR) is 73.1 cm³/mol. The van der Waals surface area contributed by atoms with Crippen molar-refractivity contribution in [1.82, 2.24) is 10.2 Å². The van der Waals surface area contributed by atoms with E-state index in [0.717, 1.165) is 32.1 Å². The van der Waals surface area contributed by atoms with Crippen LogP contribution in [0.4, 0.5) is 0 Å². The number of hydrogen-bond donors (Lipinski definition) is 2. The van der Waals surface area contributed by atoms with Gasteiger partial charge in [-0.2, -0.15) is 0 Å². The van der Waals surface area contributed by atoms with E-state index in [1.165, 1.54) is 32.1 Å². The molecule has 3 heteroatoms. The van der Waals surface area contributed by atoms with E-state index in [1.807, 2.05) is 0 Å². The largest absolute Gasteiger partial charge is 0.326 e. The lowest BCUT2D eigenvalue weighted by atomic mass is 9.76. The van der Waals surface area contributed by atoms with Gasteiger partial charge < -0.3 is 11.1 Å². The Morgan fingerprint density at radius 3 is 2.29 bits per heavy atom. The van der Waals surface area contributed by atoms with Gasteiger partial charge in [0, 0.05) is 37.8 Å². The van der Waals surface area contributed by atoms with Crippen LogP contribution in [0.15, 0.2) is 0 Å². The Bertz CT molecular complexity index is 228. The molecule has 0 radical (unpaired) electrons. The molecular formula is C14H29N3. The molecule has 0 aromatic heterocycles. The number of nitrogens with one attached hydrogen (secondary N) is 1. The predicted octanol–water partition coefficient (Wildman–Crippen LogP) is 1.58. The first-order valence-corrected chi connectivity index (χ1v) is 7.34. The maximum atomic E-state index is 6.59. The Labute approximate surface area is 106 Å². The second-order valence-electron chi connectivity index (χ2n) is 6.31. The Morgan fingerprint density at radius 2 is 1.71 bits per heavy atom. The minimum atomic E-state index is 0.157. The fourth-order valence-electron chi connectivity index (χ4n) is 3.52. The minimum absolute atomic E-state index is 0.157. The standard InChI is InChI=1S/C14H29N3/c1-14(2,17-10-8-16-9-11-17)13(15)12-6-4-3-5-7-12/h12-13,16H,3-11,15H2,1-2H3. The number of piperazine rings is 1. The molecule has 3 nitrogen and oxygen atoms in total. The number of nitrogens with zero attached hydrogens (tertiary/aromatic N) is 1. The van der Waals surface area contributed by atoms with Crippen molar-refractivity contribution >= 4 is 0 Å². The second kappa shape index (κ2) is 5.68. The van der Waals surface area contributed by atoms with Crippen molar-refractivity contribution in [2.45, 2.75) is 57.5 Å². The summed E-state index contributed by atoms with van der Waals surface area (Å²) in [5.41, 5.74) is 6.75. The maximum Gasteiger partial charge on any atom is 0.0307 e. The molecule has 0 amide bonds. The minimum Gasteiger partial charge on any atom is -0.326 e. The summed E-state index contributed by atoms with van der Waals surface area (Å²) in [6.07, 6.45) is 6.87. The van der Waals surface area contributed by atoms with Gasteiger partial charge in [-0.05, 0) is 32.6 Å². The summed E-state index contributed by atoms with van der Waals surface area (Å²) in [5, 5.41) is 3.42. The zero-order valence-corrected chi connectivity index (χ0v) is 11.5. The van der Waals surface area contributed by atoms with Gasteiger partial charge >= 0.3 is 0 Å². The third-order valence-corrected chi connectivity index (χ3v) is 4.91. The zero-order valence-electron chi connectivity index (χ0n) is 11.5. The number of nitrogens with two attached hydrogens (primary N) is 1. The van der Waals surface area contributed by atoms with Crippen molar-refractivity contribution in [3.8, 4) is 0 Å². The lowest BCUT2D eigenvalue weighted by molar-refractivity contribution is 0.0528. The molecule has 0 bridgehead atoms. The van der Waals surface area contributed by atoms with E-state index in [9.17, 15) is 0 Å². The highest BCUT2D eigenvalue weighted by Crippen LogP contribution is 2.32. The lowest BCUT2D eigenvalue weighted by Gasteiger charge is -2.47. The van der Waals surface area contributed by atoms with Gasteiger partial charge in [-0.1, -0.05) is 19.3 Å². The summed E-state index contributed by atoms with van der Waals surface area (Å²) >= 11 is 0. The first-order chi connectivity index (χ1) is 8.12. The van der Waals surface area contributed by atoms with Crippen LogP contribution in [0.2, 0.25) is 0 Å². The molecule has 2 aliphatic rings. The van der Waals surface area contributed by atoms with E-state index in [1.54, 1.807) is 0 Å². The maximum absolute atomic E-state index is 6.59. The van der Waals surface area contributed by atoms with Crippen LogP contribution in [0.5, 0.6) is 0 Å². The SMILES string of the molecule is CC(C)(C(N)C1CCCCC1)N1CCNCC1. The first-order valence-electron chi connectivity index (χ1n) is 7.34. The van der Waals surface area contributed by atoms with Crippen LogP contribution >= 0.6 is 0 Å². The summed E-state index contributed by atoms with van der Waals surface area (Å²) in [5.74, 6) is 0.744. The molecule has 1 saturated heterocycles. The molecule has 3 N–H and O–H groups in total. The van der Waals surface area contributed by atoms with Crippen molar-refractivity contribution in [3.63, 3.8) is 0 Å².